The molecule has 7 aromatic carbocycles. The Hall–Kier alpha value is -13.1. The Labute approximate surface area is 569 Å². The number of hydrogen-bond acceptors (Lipinski definition) is 4. The van der Waals surface area contributed by atoms with Crippen LogP contribution in [0.4, 0.5) is 52.7 Å². The first kappa shape index (κ1) is 62.4. The van der Waals surface area contributed by atoms with Crippen LogP contribution >= 0.6 is 0 Å². The average Bonchev–Trinajstić information content (AvgIpc) is 1.52. The zero-order valence-electron chi connectivity index (χ0n) is 52.3. The van der Waals surface area contributed by atoms with Gasteiger partial charge in [-0.2, -0.15) is 0 Å². The summed E-state index contributed by atoms with van der Waals surface area (Å²) in [7, 11) is 0. The van der Waals surface area contributed by atoms with E-state index < -0.39 is 103 Å². The lowest BCUT2D eigenvalue weighted by Crippen LogP contribution is -1.96. The minimum Gasteiger partial charge on any atom is -0.354 e. The van der Waals surface area contributed by atoms with Crippen molar-refractivity contribution in [1.29, 1.82) is 0 Å². The maximum atomic E-state index is 16.7. The number of hydrogen-bond donors (Lipinski definition) is 4. The number of halogens is 12. The molecule has 17 rings (SSSR count). The number of aromatic amines is 4. The van der Waals surface area contributed by atoms with E-state index in [0.717, 1.165) is 72.8 Å². The Morgan fingerprint density at radius 1 is 0.157 bits per heavy atom. The van der Waals surface area contributed by atoms with Gasteiger partial charge in [-0.25, -0.2) is 72.6 Å². The molecule has 0 radical (unpaired) electrons. The van der Waals surface area contributed by atoms with E-state index in [2.05, 4.69) is 19.9 Å². The van der Waals surface area contributed by atoms with Crippen LogP contribution in [0.25, 0.3) is 182 Å². The summed E-state index contributed by atoms with van der Waals surface area (Å²) in [5.41, 5.74) is -2.82. The minimum atomic E-state index is -1.01. The highest BCUT2D eigenvalue weighted by molar-refractivity contribution is 6.06. The molecule has 4 aliphatic heterocycles. The molecule has 20 heteroatoms. The van der Waals surface area contributed by atoms with Crippen molar-refractivity contribution in [3.63, 3.8) is 0 Å². The fraction of sp³-hybridized carbons (Fsp3) is 0. The van der Waals surface area contributed by atoms with Crippen molar-refractivity contribution in [2.45, 2.75) is 0 Å². The summed E-state index contributed by atoms with van der Waals surface area (Å²) in [6.45, 7) is 0. The van der Waals surface area contributed by atoms with Crippen LogP contribution in [0, 0.1) is 69.8 Å². The number of aromatic nitrogens is 8. The molecule has 0 amide bonds. The van der Waals surface area contributed by atoms with Gasteiger partial charge in [0.2, 0.25) is 0 Å². The maximum absolute atomic E-state index is 16.7. The van der Waals surface area contributed by atoms with E-state index in [1.54, 1.807) is 48.6 Å². The smallest absolute Gasteiger partial charge is 0.134 e. The van der Waals surface area contributed by atoms with Gasteiger partial charge in [0.1, 0.15) is 69.8 Å². The van der Waals surface area contributed by atoms with Crippen molar-refractivity contribution < 1.29 is 52.7 Å². The highest BCUT2D eigenvalue weighted by atomic mass is 19.2. The highest BCUT2D eigenvalue weighted by Crippen LogP contribution is 2.47. The molecule has 4 aliphatic rings. The van der Waals surface area contributed by atoms with Gasteiger partial charge in [0.25, 0.3) is 0 Å². The van der Waals surface area contributed by atoms with Gasteiger partial charge in [0.05, 0.1) is 78.9 Å². The SMILES string of the molecule is Fc1cccc(F)c1-c1c2nc(c(-c3c(F)cccc3F)c3ccc([nH]3)c(-c3c(F)cccc3F)c3nc(c(-c4ccccc4-c4c5nc(c(-c6c(F)cccc6F)c6ccc([nH]6)c(-c6c(F)cccc6F)c6nc(c(-c7c(F)cccc7F)c7ccc4[nH]7)C=C6)C=C5)c4ccc1[nH]4)C=C3)C=C2. The Morgan fingerprint density at radius 2 is 0.304 bits per heavy atom. The van der Waals surface area contributed by atoms with Crippen LogP contribution in [0.5, 0.6) is 0 Å². The fourth-order valence-corrected chi connectivity index (χ4v) is 13.9. The average molecular weight is 1370 g/mol. The molecule has 16 bridgehead atoms. The second-order valence-corrected chi connectivity index (χ2v) is 24.1. The third-order valence-corrected chi connectivity index (χ3v) is 18.3. The van der Waals surface area contributed by atoms with Crippen LogP contribution in [0.2, 0.25) is 0 Å². The van der Waals surface area contributed by atoms with Crippen molar-refractivity contribution >= 4 is 92.7 Å². The fourth-order valence-electron chi connectivity index (χ4n) is 13.9. The summed E-state index contributed by atoms with van der Waals surface area (Å²) in [5.74, 6) is -12.1. The molecule has 8 nitrogen and oxygen atoms in total. The van der Waals surface area contributed by atoms with Gasteiger partial charge in [-0.1, -0.05) is 60.7 Å². The van der Waals surface area contributed by atoms with Crippen LogP contribution in [0.15, 0.2) is 182 Å². The van der Waals surface area contributed by atoms with Crippen LogP contribution in [0.1, 0.15) is 45.6 Å². The van der Waals surface area contributed by atoms with Crippen LogP contribution in [0.3, 0.4) is 0 Å². The van der Waals surface area contributed by atoms with Crippen molar-refractivity contribution in [3.8, 4) is 89.0 Å². The molecule has 0 spiro atoms. The van der Waals surface area contributed by atoms with Gasteiger partial charge >= 0.3 is 0 Å². The van der Waals surface area contributed by atoms with Crippen molar-refractivity contribution in [2.24, 2.45) is 0 Å². The first-order valence-corrected chi connectivity index (χ1v) is 31.6. The van der Waals surface area contributed by atoms with Gasteiger partial charge in [0, 0.05) is 88.6 Å². The standard InChI is InChI=1S/C82H42F12N8/c83-41-11-3-12-42(84)71(41)77-57-27-23-53(95-57)69(54-24-28-58(96-54)78(72-43(85)13-4-14-44(72)86)62-32-36-66(100-62)81(65-35-31-61(77)99-65)75-49(91)19-7-20-50(75)92)39-9-1-2-10-40(39)70-55-25-29-59(97-55)79(73-45(87)15-5-16-46(73)88)63-33-37-67(101-63)82(76-51(93)21-8-22-52(76)94)68-38-34-64(102-68)80(60-30-26-56(70)98-60)74-47(89)17-6-18-48(74)90/h1-38,95,97,100,102H. The molecular weight excluding hydrogens is 1320 g/mol. The first-order chi connectivity index (χ1) is 49.5. The molecule has 0 atom stereocenters. The summed E-state index contributed by atoms with van der Waals surface area (Å²) in [6, 6.07) is 38.4. The second kappa shape index (κ2) is 24.4. The van der Waals surface area contributed by atoms with Gasteiger partial charge in [0.15, 0.2) is 0 Å². The minimum absolute atomic E-state index is 0.00165. The molecule has 10 heterocycles. The number of nitrogens with zero attached hydrogens (tertiary/aromatic N) is 4. The van der Waals surface area contributed by atoms with Gasteiger partial charge in [-0.05, 0) is 181 Å². The molecule has 13 aromatic rings. The number of H-pyrrole nitrogens is 4. The summed E-state index contributed by atoms with van der Waals surface area (Å²) >= 11 is 0. The van der Waals surface area contributed by atoms with Gasteiger partial charge in [-0.15, -0.1) is 0 Å². The number of rotatable bonds is 8. The molecular formula is C82H42F12N8. The Kier molecular flexibility index (Phi) is 14.9. The molecule has 0 aliphatic carbocycles. The largest absolute Gasteiger partial charge is 0.354 e. The van der Waals surface area contributed by atoms with E-state index in [4.69, 9.17) is 19.9 Å². The summed E-state index contributed by atoms with van der Waals surface area (Å²) in [6.07, 6.45) is 11.8. The molecule has 0 unspecified atom stereocenters. The molecule has 0 saturated heterocycles. The number of benzene rings is 7. The number of fused-ring (bicyclic) bond motifs is 16. The number of nitrogens with one attached hydrogen (secondary N) is 4. The normalized spacial score (nSPS) is 12.4. The monoisotopic (exact) mass is 1370 g/mol. The summed E-state index contributed by atoms with van der Waals surface area (Å²) in [4.78, 5) is 33.2. The van der Waals surface area contributed by atoms with Crippen LogP contribution in [-0.4, -0.2) is 39.9 Å². The zero-order chi connectivity index (χ0) is 69.9. The van der Waals surface area contributed by atoms with Crippen molar-refractivity contribution in [2.75, 3.05) is 0 Å². The van der Waals surface area contributed by atoms with Crippen molar-refractivity contribution in [3.05, 3.63) is 297 Å². The van der Waals surface area contributed by atoms with E-state index >= 15 is 52.7 Å². The van der Waals surface area contributed by atoms with Crippen molar-refractivity contribution in [1.82, 2.24) is 39.9 Å². The lowest BCUT2D eigenvalue weighted by Gasteiger charge is -2.13. The zero-order valence-corrected chi connectivity index (χ0v) is 52.3. The predicted octanol–water partition coefficient (Wildman–Crippen LogP) is 22.6. The quantitative estimate of drug-likeness (QED) is 0.113. The summed E-state index contributed by atoms with van der Waals surface area (Å²) < 4.78 is 199. The third-order valence-electron chi connectivity index (χ3n) is 18.3. The van der Waals surface area contributed by atoms with Gasteiger partial charge in [-0.3, -0.25) is 0 Å². The van der Waals surface area contributed by atoms with E-state index in [9.17, 15) is 0 Å². The maximum Gasteiger partial charge on any atom is 0.134 e. The third kappa shape index (κ3) is 10.3. The summed E-state index contributed by atoms with van der Waals surface area (Å²) in [5, 5.41) is 0. The molecule has 494 valence electrons. The van der Waals surface area contributed by atoms with Crippen LogP contribution < -0.4 is 0 Å². The Morgan fingerprint density at radius 3 is 0.471 bits per heavy atom. The van der Waals surface area contributed by atoms with E-state index in [1.807, 2.05) is 0 Å². The Balaban J connectivity index is 1.04. The van der Waals surface area contributed by atoms with E-state index in [0.29, 0.717) is 11.1 Å². The van der Waals surface area contributed by atoms with Crippen LogP contribution in [-0.2, 0) is 0 Å². The Bertz CT molecular complexity index is 5730. The molecule has 0 saturated carbocycles. The molecule has 0 fully saturated rings. The second-order valence-electron chi connectivity index (χ2n) is 24.1. The molecule has 102 heavy (non-hydrogen) atoms. The van der Waals surface area contributed by atoms with E-state index in [1.165, 1.54) is 109 Å². The predicted molar refractivity (Wildman–Crippen MR) is 374 cm³/mol. The highest BCUT2D eigenvalue weighted by Gasteiger charge is 2.30. The topological polar surface area (TPSA) is 115 Å². The molecule has 6 aromatic heterocycles. The lowest BCUT2D eigenvalue weighted by molar-refractivity contribution is 0.588. The first-order valence-electron chi connectivity index (χ1n) is 31.6. The van der Waals surface area contributed by atoms with Gasteiger partial charge < -0.3 is 19.9 Å². The van der Waals surface area contributed by atoms with E-state index in [-0.39, 0.29) is 134 Å². The molecule has 4 N–H and O–H groups in total. The lowest BCUT2D eigenvalue weighted by atomic mass is 9.92.